The van der Waals surface area contributed by atoms with Crippen molar-refractivity contribution >= 4 is 17.2 Å². The van der Waals surface area contributed by atoms with E-state index in [9.17, 15) is 13.6 Å². The topological polar surface area (TPSA) is 50.4 Å². The molecule has 1 atom stereocenters. The second-order valence-electron chi connectivity index (χ2n) is 4.00. The third-order valence-corrected chi connectivity index (χ3v) is 3.62. The highest BCUT2D eigenvalue weighted by Crippen LogP contribution is 2.26. The third-order valence-electron chi connectivity index (χ3n) is 2.72. The summed E-state index contributed by atoms with van der Waals surface area (Å²) in [5, 5.41) is 7.52. The Morgan fingerprint density at radius 1 is 1.67 bits per heavy atom. The molecule has 2 heterocycles. The van der Waals surface area contributed by atoms with Crippen molar-refractivity contribution in [2.75, 3.05) is 13.1 Å². The van der Waals surface area contributed by atoms with E-state index in [0.29, 0.717) is 6.54 Å². The van der Waals surface area contributed by atoms with Crippen LogP contribution < -0.4 is 15.4 Å². The Labute approximate surface area is 107 Å². The lowest BCUT2D eigenvalue weighted by molar-refractivity contribution is -0.0498. The largest absolute Gasteiger partial charge is 0.433 e. The van der Waals surface area contributed by atoms with Crippen molar-refractivity contribution in [2.24, 2.45) is 0 Å². The van der Waals surface area contributed by atoms with Crippen molar-refractivity contribution in [2.45, 2.75) is 25.5 Å². The minimum atomic E-state index is -2.91. The van der Waals surface area contributed by atoms with Gasteiger partial charge in [0.25, 0.3) is 5.91 Å². The van der Waals surface area contributed by atoms with Crippen molar-refractivity contribution < 1.29 is 18.3 Å². The minimum absolute atomic E-state index is 0.0631. The van der Waals surface area contributed by atoms with E-state index in [0.717, 1.165) is 30.7 Å². The van der Waals surface area contributed by atoms with Gasteiger partial charge < -0.3 is 15.4 Å². The lowest BCUT2D eigenvalue weighted by atomic mass is 10.2. The Balaban J connectivity index is 1.89. The Morgan fingerprint density at radius 2 is 2.50 bits per heavy atom. The van der Waals surface area contributed by atoms with Gasteiger partial charge in [-0.05, 0) is 30.8 Å². The molecular weight excluding hydrogens is 262 g/mol. The number of hydrogen-bond acceptors (Lipinski definition) is 4. The van der Waals surface area contributed by atoms with Gasteiger partial charge in [0.05, 0.1) is 0 Å². The first-order chi connectivity index (χ1) is 8.66. The number of carbonyl (C=O) groups is 1. The van der Waals surface area contributed by atoms with Gasteiger partial charge in [0.1, 0.15) is 10.6 Å². The Kier molecular flexibility index (Phi) is 4.48. The molecule has 0 radical (unpaired) electrons. The zero-order valence-electron chi connectivity index (χ0n) is 9.62. The second-order valence-corrected chi connectivity index (χ2v) is 4.91. The van der Waals surface area contributed by atoms with Crippen LogP contribution in [0.5, 0.6) is 5.75 Å². The maximum absolute atomic E-state index is 12.1. The number of rotatable bonds is 5. The summed E-state index contributed by atoms with van der Waals surface area (Å²) in [6.45, 7) is -1.45. The molecule has 2 N–H and O–H groups in total. The van der Waals surface area contributed by atoms with Gasteiger partial charge in [-0.15, -0.1) is 11.3 Å². The number of ether oxygens (including phenoxy) is 1. The molecule has 1 saturated heterocycles. The van der Waals surface area contributed by atoms with E-state index in [1.54, 1.807) is 5.38 Å². The van der Waals surface area contributed by atoms with Gasteiger partial charge in [-0.25, -0.2) is 0 Å². The molecule has 0 bridgehead atoms. The number of amides is 1. The van der Waals surface area contributed by atoms with Crippen LogP contribution in [0.3, 0.4) is 0 Å². The quantitative estimate of drug-likeness (QED) is 0.862. The van der Waals surface area contributed by atoms with Crippen molar-refractivity contribution in [1.82, 2.24) is 10.6 Å². The van der Waals surface area contributed by atoms with Crippen LogP contribution in [-0.4, -0.2) is 31.7 Å². The maximum atomic E-state index is 12.1. The fourth-order valence-electron chi connectivity index (χ4n) is 1.88. The van der Waals surface area contributed by atoms with E-state index in [1.165, 1.54) is 6.07 Å². The highest BCUT2D eigenvalue weighted by atomic mass is 32.1. The average molecular weight is 276 g/mol. The fourth-order valence-corrected chi connectivity index (χ4v) is 2.62. The summed E-state index contributed by atoms with van der Waals surface area (Å²) in [4.78, 5) is 12.0. The molecule has 0 aromatic carbocycles. The molecule has 1 unspecified atom stereocenters. The van der Waals surface area contributed by atoms with E-state index in [2.05, 4.69) is 15.4 Å². The lowest BCUT2D eigenvalue weighted by Gasteiger charge is -2.11. The number of halogens is 2. The summed E-state index contributed by atoms with van der Waals surface area (Å²) in [6.07, 6.45) is 2.12. The fraction of sp³-hybridized carbons (Fsp3) is 0.545. The van der Waals surface area contributed by atoms with Crippen molar-refractivity contribution in [3.63, 3.8) is 0 Å². The molecule has 1 amide bonds. The molecule has 0 spiro atoms. The predicted molar refractivity (Wildman–Crippen MR) is 64.3 cm³/mol. The predicted octanol–water partition coefficient (Wildman–Crippen LogP) is 1.83. The zero-order chi connectivity index (χ0) is 13.0. The monoisotopic (exact) mass is 276 g/mol. The van der Waals surface area contributed by atoms with E-state index in [1.807, 2.05) is 0 Å². The van der Waals surface area contributed by atoms with E-state index < -0.39 is 6.61 Å². The third kappa shape index (κ3) is 3.39. The van der Waals surface area contributed by atoms with Crippen LogP contribution in [-0.2, 0) is 0 Å². The van der Waals surface area contributed by atoms with Crippen molar-refractivity contribution in [3.05, 3.63) is 16.3 Å². The molecule has 18 heavy (non-hydrogen) atoms. The number of carbonyl (C=O) groups excluding carboxylic acids is 1. The summed E-state index contributed by atoms with van der Waals surface area (Å²) < 4.78 is 28.5. The minimum Gasteiger partial charge on any atom is -0.433 e. The molecule has 0 saturated carbocycles. The normalized spacial score (nSPS) is 19.2. The second kappa shape index (κ2) is 6.10. The van der Waals surface area contributed by atoms with Crippen LogP contribution in [0.25, 0.3) is 0 Å². The van der Waals surface area contributed by atoms with Crippen LogP contribution >= 0.6 is 11.3 Å². The van der Waals surface area contributed by atoms with Crippen LogP contribution in [0.4, 0.5) is 8.78 Å². The standard InChI is InChI=1S/C11H14F2N2O2S/c12-11(13)17-8-3-5-18-9(8)10(16)15-6-7-2-1-4-14-7/h3,5,7,11,14H,1-2,4,6H2,(H,15,16). The van der Waals surface area contributed by atoms with Gasteiger partial charge in [0.15, 0.2) is 0 Å². The smallest absolute Gasteiger partial charge is 0.387 e. The molecule has 100 valence electrons. The summed E-state index contributed by atoms with van der Waals surface area (Å²) >= 11 is 1.09. The molecule has 0 aliphatic carbocycles. The van der Waals surface area contributed by atoms with Gasteiger partial charge in [0, 0.05) is 12.6 Å². The van der Waals surface area contributed by atoms with Gasteiger partial charge in [-0.3, -0.25) is 4.79 Å². The molecule has 7 heteroatoms. The molecule has 1 aliphatic rings. The lowest BCUT2D eigenvalue weighted by Crippen LogP contribution is -2.37. The van der Waals surface area contributed by atoms with Crippen molar-refractivity contribution in [1.29, 1.82) is 0 Å². The molecular formula is C11H14F2N2O2S. The Morgan fingerprint density at radius 3 is 3.17 bits per heavy atom. The number of nitrogens with one attached hydrogen (secondary N) is 2. The van der Waals surface area contributed by atoms with E-state index in [-0.39, 0.29) is 22.6 Å². The summed E-state index contributed by atoms with van der Waals surface area (Å²) in [5.74, 6) is -0.429. The number of alkyl halides is 2. The molecule has 1 fully saturated rings. The molecule has 1 aromatic heterocycles. The number of hydrogen-bond donors (Lipinski definition) is 2. The molecule has 1 aliphatic heterocycles. The first-order valence-electron chi connectivity index (χ1n) is 5.70. The summed E-state index contributed by atoms with van der Waals surface area (Å²) in [6, 6.07) is 1.65. The van der Waals surface area contributed by atoms with Crippen LogP contribution in [0.1, 0.15) is 22.5 Å². The van der Waals surface area contributed by atoms with E-state index >= 15 is 0 Å². The van der Waals surface area contributed by atoms with Gasteiger partial charge >= 0.3 is 6.61 Å². The Hall–Kier alpha value is -1.21. The highest BCUT2D eigenvalue weighted by molar-refractivity contribution is 7.12. The molecule has 2 rings (SSSR count). The molecule has 4 nitrogen and oxygen atoms in total. The first kappa shape index (κ1) is 13.2. The van der Waals surface area contributed by atoms with Crippen LogP contribution in [0.2, 0.25) is 0 Å². The first-order valence-corrected chi connectivity index (χ1v) is 6.58. The molecule has 1 aromatic rings. The zero-order valence-corrected chi connectivity index (χ0v) is 10.4. The number of thiophene rings is 1. The van der Waals surface area contributed by atoms with Gasteiger partial charge in [-0.2, -0.15) is 8.78 Å². The SMILES string of the molecule is O=C(NCC1CCCN1)c1sccc1OC(F)F. The average Bonchev–Trinajstić information content (AvgIpc) is 2.95. The maximum Gasteiger partial charge on any atom is 0.387 e. The highest BCUT2D eigenvalue weighted by Gasteiger charge is 2.19. The van der Waals surface area contributed by atoms with Gasteiger partial charge in [-0.1, -0.05) is 0 Å². The van der Waals surface area contributed by atoms with Crippen LogP contribution in [0.15, 0.2) is 11.4 Å². The van der Waals surface area contributed by atoms with Gasteiger partial charge in [0.2, 0.25) is 0 Å². The van der Waals surface area contributed by atoms with Crippen LogP contribution in [0, 0.1) is 0 Å². The Bertz CT molecular complexity index is 406. The summed E-state index contributed by atoms with van der Waals surface area (Å²) in [5.41, 5.74) is 0. The van der Waals surface area contributed by atoms with Crippen molar-refractivity contribution in [3.8, 4) is 5.75 Å². The van der Waals surface area contributed by atoms with E-state index in [4.69, 9.17) is 0 Å². The summed E-state index contributed by atoms with van der Waals surface area (Å²) in [7, 11) is 0.